The highest BCUT2D eigenvalue weighted by molar-refractivity contribution is 5.76. The SMILES string of the molecule is CCCC(=O)N1CCC(OC)C1. The van der Waals surface area contributed by atoms with Crippen molar-refractivity contribution in [2.24, 2.45) is 0 Å². The molecule has 3 heteroatoms. The maximum Gasteiger partial charge on any atom is 0.222 e. The zero-order valence-electron chi connectivity index (χ0n) is 7.88. The third-order valence-corrected chi connectivity index (χ3v) is 2.29. The van der Waals surface area contributed by atoms with E-state index in [1.165, 1.54) is 0 Å². The highest BCUT2D eigenvalue weighted by Gasteiger charge is 2.24. The minimum atomic E-state index is 0.269. The van der Waals surface area contributed by atoms with E-state index < -0.39 is 0 Å². The molecular formula is C9H17NO2. The molecule has 1 atom stereocenters. The molecule has 1 heterocycles. The van der Waals surface area contributed by atoms with E-state index in [9.17, 15) is 4.79 Å². The summed E-state index contributed by atoms with van der Waals surface area (Å²) in [7, 11) is 1.71. The van der Waals surface area contributed by atoms with Gasteiger partial charge in [0.05, 0.1) is 6.10 Å². The van der Waals surface area contributed by atoms with Crippen molar-refractivity contribution < 1.29 is 9.53 Å². The lowest BCUT2D eigenvalue weighted by molar-refractivity contribution is -0.130. The Bertz CT molecular complexity index is 159. The average molecular weight is 171 g/mol. The Labute approximate surface area is 73.7 Å². The summed E-state index contributed by atoms with van der Waals surface area (Å²) in [5, 5.41) is 0. The number of methoxy groups -OCH3 is 1. The van der Waals surface area contributed by atoms with Crippen molar-refractivity contribution in [3.8, 4) is 0 Å². The Morgan fingerprint density at radius 2 is 2.42 bits per heavy atom. The van der Waals surface area contributed by atoms with Crippen LogP contribution in [0.4, 0.5) is 0 Å². The minimum Gasteiger partial charge on any atom is -0.380 e. The van der Waals surface area contributed by atoms with E-state index in [1.807, 2.05) is 11.8 Å². The Kier molecular flexibility index (Phi) is 3.53. The molecule has 1 amide bonds. The molecule has 12 heavy (non-hydrogen) atoms. The van der Waals surface area contributed by atoms with Crippen molar-refractivity contribution in [3.63, 3.8) is 0 Å². The number of amides is 1. The lowest BCUT2D eigenvalue weighted by Gasteiger charge is -2.15. The van der Waals surface area contributed by atoms with Crippen LogP contribution < -0.4 is 0 Å². The molecule has 3 nitrogen and oxygen atoms in total. The maximum absolute atomic E-state index is 11.4. The number of hydrogen-bond donors (Lipinski definition) is 0. The molecule has 1 rings (SSSR count). The molecule has 1 aliphatic rings. The van der Waals surface area contributed by atoms with Crippen molar-refractivity contribution in [2.45, 2.75) is 32.3 Å². The first-order valence-electron chi connectivity index (χ1n) is 4.58. The molecular weight excluding hydrogens is 154 g/mol. The molecule has 1 saturated heterocycles. The van der Waals surface area contributed by atoms with E-state index >= 15 is 0 Å². The van der Waals surface area contributed by atoms with E-state index in [0.717, 1.165) is 25.9 Å². The summed E-state index contributed by atoms with van der Waals surface area (Å²) in [5.41, 5.74) is 0. The van der Waals surface area contributed by atoms with Crippen LogP contribution in [0.15, 0.2) is 0 Å². The summed E-state index contributed by atoms with van der Waals surface area (Å²) < 4.78 is 5.18. The summed E-state index contributed by atoms with van der Waals surface area (Å²) in [6, 6.07) is 0. The normalized spacial score (nSPS) is 23.2. The fraction of sp³-hybridized carbons (Fsp3) is 0.889. The van der Waals surface area contributed by atoms with E-state index in [4.69, 9.17) is 4.74 Å². The van der Waals surface area contributed by atoms with Gasteiger partial charge in [0, 0.05) is 26.6 Å². The quantitative estimate of drug-likeness (QED) is 0.635. The molecule has 70 valence electrons. The second kappa shape index (κ2) is 4.45. The topological polar surface area (TPSA) is 29.5 Å². The largest absolute Gasteiger partial charge is 0.380 e. The third kappa shape index (κ3) is 2.21. The minimum absolute atomic E-state index is 0.269. The lowest BCUT2D eigenvalue weighted by Crippen LogP contribution is -2.29. The summed E-state index contributed by atoms with van der Waals surface area (Å²) >= 11 is 0. The highest BCUT2D eigenvalue weighted by Crippen LogP contribution is 2.13. The third-order valence-electron chi connectivity index (χ3n) is 2.29. The van der Waals surface area contributed by atoms with Gasteiger partial charge >= 0.3 is 0 Å². The zero-order valence-corrected chi connectivity index (χ0v) is 7.88. The van der Waals surface area contributed by atoms with Gasteiger partial charge < -0.3 is 9.64 Å². The Hall–Kier alpha value is -0.570. The molecule has 0 aromatic rings. The van der Waals surface area contributed by atoms with Crippen LogP contribution in [0.25, 0.3) is 0 Å². The van der Waals surface area contributed by atoms with Gasteiger partial charge in [-0.15, -0.1) is 0 Å². The van der Waals surface area contributed by atoms with Gasteiger partial charge in [0.2, 0.25) is 5.91 Å². The molecule has 0 N–H and O–H groups in total. The zero-order chi connectivity index (χ0) is 8.97. The summed E-state index contributed by atoms with van der Waals surface area (Å²) in [6.45, 7) is 3.69. The van der Waals surface area contributed by atoms with Crippen LogP contribution in [-0.4, -0.2) is 37.1 Å². The second-order valence-electron chi connectivity index (χ2n) is 3.24. The summed E-state index contributed by atoms with van der Waals surface area (Å²) in [4.78, 5) is 13.3. The van der Waals surface area contributed by atoms with Crippen LogP contribution in [0.1, 0.15) is 26.2 Å². The second-order valence-corrected chi connectivity index (χ2v) is 3.24. The Morgan fingerprint density at radius 3 is 2.92 bits per heavy atom. The Morgan fingerprint density at radius 1 is 1.67 bits per heavy atom. The smallest absolute Gasteiger partial charge is 0.222 e. The van der Waals surface area contributed by atoms with E-state index in [0.29, 0.717) is 6.42 Å². The van der Waals surface area contributed by atoms with Crippen LogP contribution in [0.2, 0.25) is 0 Å². The number of ether oxygens (including phenoxy) is 1. The van der Waals surface area contributed by atoms with Gasteiger partial charge in [-0.1, -0.05) is 6.92 Å². The number of likely N-dealkylation sites (tertiary alicyclic amines) is 1. The Balaban J connectivity index is 2.31. The van der Waals surface area contributed by atoms with E-state index in [2.05, 4.69) is 0 Å². The molecule has 1 unspecified atom stereocenters. The van der Waals surface area contributed by atoms with Crippen molar-refractivity contribution in [3.05, 3.63) is 0 Å². The van der Waals surface area contributed by atoms with Gasteiger partial charge in [-0.25, -0.2) is 0 Å². The van der Waals surface area contributed by atoms with Crippen LogP contribution in [0.5, 0.6) is 0 Å². The lowest BCUT2D eigenvalue weighted by atomic mass is 10.3. The monoisotopic (exact) mass is 171 g/mol. The number of carbonyl (C=O) groups excluding carboxylic acids is 1. The maximum atomic E-state index is 11.4. The summed E-state index contributed by atoms with van der Waals surface area (Å²) in [5.74, 6) is 0.275. The molecule has 0 aromatic heterocycles. The summed E-state index contributed by atoms with van der Waals surface area (Å²) in [6.07, 6.45) is 2.88. The standard InChI is InChI=1S/C9H17NO2/c1-3-4-9(11)10-6-5-8(7-10)12-2/h8H,3-7H2,1-2H3. The molecule has 0 aromatic carbocycles. The average Bonchev–Trinajstić information content (AvgIpc) is 2.52. The first-order valence-corrected chi connectivity index (χ1v) is 4.58. The highest BCUT2D eigenvalue weighted by atomic mass is 16.5. The fourth-order valence-corrected chi connectivity index (χ4v) is 1.52. The van der Waals surface area contributed by atoms with Crippen LogP contribution in [0.3, 0.4) is 0 Å². The predicted molar refractivity (Wildman–Crippen MR) is 46.9 cm³/mol. The number of rotatable bonds is 3. The van der Waals surface area contributed by atoms with Gasteiger partial charge in [-0.05, 0) is 12.8 Å². The van der Waals surface area contributed by atoms with Crippen LogP contribution >= 0.6 is 0 Å². The molecule has 0 radical (unpaired) electrons. The number of nitrogens with zero attached hydrogens (tertiary/aromatic N) is 1. The van der Waals surface area contributed by atoms with Crippen molar-refractivity contribution in [2.75, 3.05) is 20.2 Å². The predicted octanol–water partition coefficient (Wildman–Crippen LogP) is 1.03. The van der Waals surface area contributed by atoms with Crippen molar-refractivity contribution >= 4 is 5.91 Å². The van der Waals surface area contributed by atoms with Crippen molar-refractivity contribution in [1.82, 2.24) is 4.90 Å². The van der Waals surface area contributed by atoms with E-state index in [1.54, 1.807) is 7.11 Å². The molecule has 0 saturated carbocycles. The first kappa shape index (κ1) is 9.52. The van der Waals surface area contributed by atoms with Gasteiger partial charge in [-0.2, -0.15) is 0 Å². The van der Waals surface area contributed by atoms with Crippen molar-refractivity contribution in [1.29, 1.82) is 0 Å². The fourth-order valence-electron chi connectivity index (χ4n) is 1.52. The molecule has 0 spiro atoms. The van der Waals surface area contributed by atoms with Gasteiger partial charge in [0.25, 0.3) is 0 Å². The molecule has 0 bridgehead atoms. The molecule has 0 aliphatic carbocycles. The molecule has 1 fully saturated rings. The molecule has 1 aliphatic heterocycles. The van der Waals surface area contributed by atoms with Gasteiger partial charge in [0.15, 0.2) is 0 Å². The van der Waals surface area contributed by atoms with Gasteiger partial charge in [0.1, 0.15) is 0 Å². The van der Waals surface area contributed by atoms with E-state index in [-0.39, 0.29) is 12.0 Å². The van der Waals surface area contributed by atoms with Crippen LogP contribution in [-0.2, 0) is 9.53 Å². The van der Waals surface area contributed by atoms with Crippen LogP contribution in [0, 0.1) is 0 Å². The number of hydrogen-bond acceptors (Lipinski definition) is 2. The number of carbonyl (C=O) groups is 1. The first-order chi connectivity index (χ1) is 5.77. The van der Waals surface area contributed by atoms with Gasteiger partial charge in [-0.3, -0.25) is 4.79 Å².